The first-order valence-corrected chi connectivity index (χ1v) is 9.79. The zero-order valence-corrected chi connectivity index (χ0v) is 16.8. The van der Waals surface area contributed by atoms with Gasteiger partial charge in [0, 0.05) is 37.8 Å². The number of carbonyl (C=O) groups is 1. The lowest BCUT2D eigenvalue weighted by molar-refractivity contribution is -0.384. The summed E-state index contributed by atoms with van der Waals surface area (Å²) in [7, 11) is 0. The van der Waals surface area contributed by atoms with Crippen molar-refractivity contribution in [2.24, 2.45) is 0 Å². The van der Waals surface area contributed by atoms with Crippen molar-refractivity contribution < 1.29 is 24.3 Å². The zero-order valence-electron chi connectivity index (χ0n) is 16.8. The molecule has 156 valence electrons. The molecule has 1 atom stereocenters. The van der Waals surface area contributed by atoms with Crippen LogP contribution in [-0.4, -0.2) is 54.5 Å². The molecule has 1 aliphatic heterocycles. The smallest absolute Gasteiger partial charge is 0.304 e. The van der Waals surface area contributed by atoms with Gasteiger partial charge in [-0.2, -0.15) is 0 Å². The summed E-state index contributed by atoms with van der Waals surface area (Å²) in [5, 5.41) is 21.0. The highest BCUT2D eigenvalue weighted by Crippen LogP contribution is 2.35. The fraction of sp³-hybridized carbons (Fsp3) is 0.650. The first-order chi connectivity index (χ1) is 13.3. The monoisotopic (exact) mass is 394 g/mol. The molecule has 0 unspecified atom stereocenters. The van der Waals surface area contributed by atoms with Gasteiger partial charge in [-0.15, -0.1) is 0 Å². The lowest BCUT2D eigenvalue weighted by Crippen LogP contribution is -2.39. The predicted octanol–water partition coefficient (Wildman–Crippen LogP) is 3.58. The van der Waals surface area contributed by atoms with Crippen LogP contribution in [-0.2, 0) is 14.3 Å². The van der Waals surface area contributed by atoms with Gasteiger partial charge < -0.3 is 19.5 Å². The van der Waals surface area contributed by atoms with Crippen LogP contribution in [0.3, 0.4) is 0 Å². The molecule has 1 fully saturated rings. The van der Waals surface area contributed by atoms with E-state index in [2.05, 4.69) is 4.90 Å². The van der Waals surface area contributed by atoms with Crippen molar-refractivity contribution in [3.05, 3.63) is 33.9 Å². The Morgan fingerprint density at radius 3 is 2.61 bits per heavy atom. The van der Waals surface area contributed by atoms with Crippen LogP contribution in [0, 0.1) is 10.1 Å². The number of nitro benzene ring substituents is 1. The van der Waals surface area contributed by atoms with E-state index in [4.69, 9.17) is 9.47 Å². The molecule has 0 radical (unpaired) electrons. The number of ether oxygens (including phenoxy) is 2. The molecule has 1 aromatic carbocycles. The molecule has 0 bridgehead atoms. The molecule has 1 N–H and O–H groups in total. The molecule has 1 aliphatic rings. The molecule has 8 heteroatoms. The van der Waals surface area contributed by atoms with Crippen molar-refractivity contribution in [3.8, 4) is 0 Å². The molecule has 0 aromatic heterocycles. The van der Waals surface area contributed by atoms with E-state index < -0.39 is 11.9 Å². The minimum atomic E-state index is -0.957. The molecule has 1 heterocycles. The van der Waals surface area contributed by atoms with E-state index in [1.165, 1.54) is 6.07 Å². The Labute approximate surface area is 165 Å². The summed E-state index contributed by atoms with van der Waals surface area (Å²) in [5.74, 6) is -1.40. The van der Waals surface area contributed by atoms with Gasteiger partial charge >= 0.3 is 5.97 Å². The highest BCUT2D eigenvalue weighted by Gasteiger charge is 2.28. The largest absolute Gasteiger partial charge is 0.481 e. The predicted molar refractivity (Wildman–Crippen MR) is 106 cm³/mol. The molecular formula is C20H30N2O6. The summed E-state index contributed by atoms with van der Waals surface area (Å²) < 4.78 is 11.0. The minimum Gasteiger partial charge on any atom is -0.481 e. The number of hydrogen-bond acceptors (Lipinski definition) is 6. The summed E-state index contributed by atoms with van der Waals surface area (Å²) in [6.07, 6.45) is 1.48. The Morgan fingerprint density at radius 2 is 2.07 bits per heavy atom. The number of carboxylic acids is 1. The van der Waals surface area contributed by atoms with E-state index in [0.29, 0.717) is 31.0 Å². The summed E-state index contributed by atoms with van der Waals surface area (Å²) in [6, 6.07) is 5.25. The van der Waals surface area contributed by atoms with Gasteiger partial charge in [-0.1, -0.05) is 6.07 Å². The molecular weight excluding hydrogens is 364 g/mol. The molecule has 0 amide bonds. The van der Waals surface area contributed by atoms with E-state index in [9.17, 15) is 20.0 Å². The SMILES string of the molecule is CCN(c1ccc([C@@H](COC(C)C)CC(=O)O)cc1[N+](=O)[O-])C1CCOCC1. The van der Waals surface area contributed by atoms with Gasteiger partial charge in [0.25, 0.3) is 5.69 Å². The highest BCUT2D eigenvalue weighted by molar-refractivity contribution is 5.69. The summed E-state index contributed by atoms with van der Waals surface area (Å²) in [5.41, 5.74) is 1.19. The van der Waals surface area contributed by atoms with Crippen molar-refractivity contribution in [1.82, 2.24) is 0 Å². The number of rotatable bonds is 10. The van der Waals surface area contributed by atoms with Crippen molar-refractivity contribution in [2.45, 2.75) is 58.1 Å². The second-order valence-corrected chi connectivity index (χ2v) is 7.31. The standard InChI is InChI=1S/C20H30N2O6/c1-4-21(17-7-9-27-10-8-17)18-6-5-15(11-19(18)22(25)26)16(12-20(23)24)13-28-14(2)3/h5-6,11,14,16-17H,4,7-10,12-13H2,1-3H3,(H,23,24)/t16-/m1/s1. The number of nitro groups is 1. The Kier molecular flexibility index (Phi) is 8.19. The second kappa shape index (κ2) is 10.4. The fourth-order valence-electron chi connectivity index (χ4n) is 3.60. The quantitative estimate of drug-likeness (QED) is 0.478. The van der Waals surface area contributed by atoms with E-state index in [1.54, 1.807) is 12.1 Å². The van der Waals surface area contributed by atoms with Crippen LogP contribution in [0.1, 0.15) is 51.5 Å². The molecule has 1 saturated heterocycles. The van der Waals surface area contributed by atoms with Crippen molar-refractivity contribution in [3.63, 3.8) is 0 Å². The molecule has 0 aliphatic carbocycles. The van der Waals surface area contributed by atoms with Gasteiger partial charge in [0.1, 0.15) is 5.69 Å². The third kappa shape index (κ3) is 5.90. The van der Waals surface area contributed by atoms with Crippen LogP contribution in [0.4, 0.5) is 11.4 Å². The second-order valence-electron chi connectivity index (χ2n) is 7.31. The van der Waals surface area contributed by atoms with Crippen LogP contribution in [0.15, 0.2) is 18.2 Å². The first-order valence-electron chi connectivity index (χ1n) is 9.79. The van der Waals surface area contributed by atoms with Crippen LogP contribution in [0.2, 0.25) is 0 Å². The van der Waals surface area contributed by atoms with Crippen LogP contribution in [0.5, 0.6) is 0 Å². The molecule has 2 rings (SSSR count). The molecule has 0 saturated carbocycles. The average molecular weight is 394 g/mol. The highest BCUT2D eigenvalue weighted by atomic mass is 16.6. The van der Waals surface area contributed by atoms with Gasteiger partial charge in [-0.05, 0) is 45.2 Å². The van der Waals surface area contributed by atoms with Crippen LogP contribution in [0.25, 0.3) is 0 Å². The lowest BCUT2D eigenvalue weighted by atomic mass is 9.95. The third-order valence-electron chi connectivity index (χ3n) is 5.00. The summed E-state index contributed by atoms with van der Waals surface area (Å²) in [4.78, 5) is 24.7. The van der Waals surface area contributed by atoms with Crippen molar-refractivity contribution in [2.75, 3.05) is 31.3 Å². The van der Waals surface area contributed by atoms with Crippen molar-refractivity contribution in [1.29, 1.82) is 0 Å². The number of carboxylic acid groups (broad SMARTS) is 1. The van der Waals surface area contributed by atoms with Gasteiger partial charge in [-0.3, -0.25) is 14.9 Å². The molecule has 1 aromatic rings. The summed E-state index contributed by atoms with van der Waals surface area (Å²) in [6.45, 7) is 7.89. The maximum Gasteiger partial charge on any atom is 0.304 e. The number of anilines is 1. The maximum absolute atomic E-state index is 11.8. The number of nitrogens with zero attached hydrogens (tertiary/aromatic N) is 2. The van der Waals surface area contributed by atoms with Crippen LogP contribution < -0.4 is 4.90 Å². The zero-order chi connectivity index (χ0) is 20.7. The Bertz CT molecular complexity index is 673. The van der Waals surface area contributed by atoms with E-state index in [1.807, 2.05) is 20.8 Å². The Balaban J connectivity index is 2.35. The van der Waals surface area contributed by atoms with Gasteiger partial charge in [0.15, 0.2) is 0 Å². The van der Waals surface area contributed by atoms with E-state index in [-0.39, 0.29) is 35.8 Å². The molecule has 0 spiro atoms. The van der Waals surface area contributed by atoms with Crippen LogP contribution >= 0.6 is 0 Å². The van der Waals surface area contributed by atoms with Crippen molar-refractivity contribution >= 4 is 17.3 Å². The van der Waals surface area contributed by atoms with Gasteiger partial charge in [0.05, 0.1) is 24.1 Å². The summed E-state index contributed by atoms with van der Waals surface area (Å²) >= 11 is 0. The topological polar surface area (TPSA) is 102 Å². The first kappa shape index (κ1) is 22.1. The molecule has 28 heavy (non-hydrogen) atoms. The van der Waals surface area contributed by atoms with Gasteiger partial charge in [-0.25, -0.2) is 0 Å². The molecule has 8 nitrogen and oxygen atoms in total. The fourth-order valence-corrected chi connectivity index (χ4v) is 3.60. The number of hydrogen-bond donors (Lipinski definition) is 1. The third-order valence-corrected chi connectivity index (χ3v) is 5.00. The Morgan fingerprint density at radius 1 is 1.39 bits per heavy atom. The number of aliphatic carboxylic acids is 1. The average Bonchev–Trinajstić information content (AvgIpc) is 2.66. The number of benzene rings is 1. The lowest BCUT2D eigenvalue weighted by Gasteiger charge is -2.35. The minimum absolute atomic E-state index is 0.00535. The van der Waals surface area contributed by atoms with E-state index >= 15 is 0 Å². The normalized spacial score (nSPS) is 16.1. The van der Waals surface area contributed by atoms with E-state index in [0.717, 1.165) is 12.8 Å². The Hall–Kier alpha value is -2.19. The van der Waals surface area contributed by atoms with Gasteiger partial charge in [0.2, 0.25) is 0 Å². The maximum atomic E-state index is 11.8.